The Morgan fingerprint density at radius 1 is 1.09 bits per heavy atom. The number of aliphatic imine (C=N–C) groups is 1. The summed E-state index contributed by atoms with van der Waals surface area (Å²) in [6.45, 7) is 9.23. The normalized spacial score (nSPS) is 18.1. The third-order valence-corrected chi connectivity index (χ3v) is 7.51. The van der Waals surface area contributed by atoms with Crippen LogP contribution in [-0.2, 0) is 16.1 Å². The summed E-state index contributed by atoms with van der Waals surface area (Å²) in [6, 6.07) is 10.4. The van der Waals surface area contributed by atoms with Crippen LogP contribution in [0.5, 0.6) is 11.5 Å². The highest BCUT2D eigenvalue weighted by molar-refractivity contribution is 6.31. The van der Waals surface area contributed by atoms with Gasteiger partial charge in [-0.2, -0.15) is 13.2 Å². The van der Waals surface area contributed by atoms with Gasteiger partial charge in [-0.25, -0.2) is 0 Å². The second-order valence-corrected chi connectivity index (χ2v) is 11.4. The number of nitrogens with zero attached hydrogens (tertiary/aromatic N) is 3. The summed E-state index contributed by atoms with van der Waals surface area (Å²) in [5, 5.41) is 0.501. The van der Waals surface area contributed by atoms with Crippen LogP contribution in [0.25, 0.3) is 0 Å². The fraction of sp³-hybridized carbons (Fsp3) is 0.515. The number of esters is 1. The first-order valence-electron chi connectivity index (χ1n) is 14.9. The van der Waals surface area contributed by atoms with Crippen molar-refractivity contribution in [2.24, 2.45) is 4.99 Å². The van der Waals surface area contributed by atoms with Gasteiger partial charge in [-0.1, -0.05) is 37.6 Å². The Morgan fingerprint density at radius 3 is 2.18 bits per heavy atom. The zero-order chi connectivity index (χ0) is 32.8. The second kappa shape index (κ2) is 15.2. The molecular formula is C33H43ClF3N3O4. The molecule has 1 saturated carbocycles. The van der Waals surface area contributed by atoms with E-state index in [4.69, 9.17) is 25.8 Å². The van der Waals surface area contributed by atoms with Crippen molar-refractivity contribution < 1.29 is 32.2 Å². The molecule has 11 heteroatoms. The molecule has 2 heterocycles. The van der Waals surface area contributed by atoms with Crippen LogP contribution in [0.3, 0.4) is 0 Å². The van der Waals surface area contributed by atoms with Crippen LogP contribution in [0.1, 0.15) is 70.9 Å². The average Bonchev–Trinajstić information content (AvgIpc) is 3.82. The lowest BCUT2D eigenvalue weighted by Crippen LogP contribution is -2.50. The molecule has 0 N–H and O–H groups in total. The number of carbonyl (C=O) groups excluding carboxylic acids is 1. The van der Waals surface area contributed by atoms with E-state index in [1.165, 1.54) is 11.8 Å². The first-order chi connectivity index (χ1) is 20.8. The number of carbonyl (C=O) groups is 1. The number of ether oxygens (including phenoxy) is 3. The Kier molecular flexibility index (Phi) is 12.1. The third-order valence-electron chi connectivity index (χ3n) is 7.29. The molecule has 3 aliphatic rings. The van der Waals surface area contributed by atoms with Gasteiger partial charge in [-0.05, 0) is 87.5 Å². The van der Waals surface area contributed by atoms with E-state index in [1.807, 2.05) is 43.0 Å². The molecule has 0 bridgehead atoms. The molecule has 2 aliphatic heterocycles. The molecule has 0 amide bonds. The fourth-order valence-corrected chi connectivity index (χ4v) is 5.61. The Bertz CT molecular complexity index is 1350. The fourth-order valence-electron chi connectivity index (χ4n) is 5.36. The molecule has 44 heavy (non-hydrogen) atoms. The Balaban J connectivity index is 0.000000372. The summed E-state index contributed by atoms with van der Waals surface area (Å²) in [4.78, 5) is 20.2. The van der Waals surface area contributed by atoms with E-state index in [0.29, 0.717) is 22.8 Å². The molecule has 0 radical (unpaired) electrons. The van der Waals surface area contributed by atoms with Crippen molar-refractivity contribution in [3.63, 3.8) is 0 Å². The highest BCUT2D eigenvalue weighted by Crippen LogP contribution is 2.50. The third kappa shape index (κ3) is 8.27. The molecule has 5 rings (SSSR count). The summed E-state index contributed by atoms with van der Waals surface area (Å²) < 4.78 is 58.5. The minimum Gasteiger partial charge on any atom is -0.493 e. The van der Waals surface area contributed by atoms with E-state index in [1.54, 1.807) is 47.2 Å². The number of allylic oxidation sites excluding steroid dienone is 1. The number of para-hydroxylation sites is 2. The number of methoxy groups -OCH3 is 2. The molecule has 1 fully saturated rings. The predicted octanol–water partition coefficient (Wildman–Crippen LogP) is 8.16. The number of hydrogen-bond acceptors (Lipinski definition) is 7. The van der Waals surface area contributed by atoms with Gasteiger partial charge in [0.2, 0.25) is 0 Å². The Labute approximate surface area is 263 Å². The lowest BCUT2D eigenvalue weighted by Gasteiger charge is -2.38. The molecule has 2 aromatic rings. The highest BCUT2D eigenvalue weighted by atomic mass is 35.5. The first kappa shape index (κ1) is 35.2. The van der Waals surface area contributed by atoms with E-state index in [2.05, 4.69) is 4.99 Å². The summed E-state index contributed by atoms with van der Waals surface area (Å²) in [6.07, 6.45) is -3.15. The van der Waals surface area contributed by atoms with Gasteiger partial charge in [0.25, 0.3) is 0 Å². The summed E-state index contributed by atoms with van der Waals surface area (Å²) in [5.74, 6) is 1.48. The summed E-state index contributed by atoms with van der Waals surface area (Å²) in [5.41, 5.74) is 1.46. The number of hydrogen-bond donors (Lipinski definition) is 0. The standard InChI is InChI=1S/C23H27ClF3N3O2.C8H10O2.C2H6/c1-12(2)32-19(31)9-18-22-28-10-13(3)21(23(25,26)27)30(22)20-15(11-29(18)4)7-16(24)8-17(20)14-5-6-14;1-9-7-5-3-4-6-8(7)10-2;1-2/h7-8,12,14,18H,5-6,9-11H2,1-4H3;3-6H,1-2H3;1-2H3/t18-;;/m0../s1. The zero-order valence-electron chi connectivity index (χ0n) is 26.7. The molecular weight excluding hydrogens is 595 g/mol. The largest absolute Gasteiger partial charge is 0.493 e. The van der Waals surface area contributed by atoms with Crippen molar-refractivity contribution in [3.8, 4) is 11.5 Å². The number of anilines is 1. The van der Waals surface area contributed by atoms with E-state index in [-0.39, 0.29) is 36.4 Å². The number of benzene rings is 2. The lowest BCUT2D eigenvalue weighted by molar-refractivity contribution is -0.148. The topological polar surface area (TPSA) is 63.6 Å². The van der Waals surface area contributed by atoms with E-state index in [9.17, 15) is 18.0 Å². The zero-order valence-corrected chi connectivity index (χ0v) is 27.5. The van der Waals surface area contributed by atoms with Crippen molar-refractivity contribution in [1.29, 1.82) is 0 Å². The first-order valence-corrected chi connectivity index (χ1v) is 15.2. The molecule has 0 spiro atoms. The SMILES string of the molecule is CC.CC1=C(C(F)(F)F)N2C(=NC1)[C@H](CC(=O)OC(C)C)N(C)Cc1cc(Cl)cc(C3CC3)c12.COc1ccccc1OC. The van der Waals surface area contributed by atoms with Gasteiger partial charge in [0.05, 0.1) is 45.0 Å². The number of halogens is 4. The molecule has 0 aromatic heterocycles. The van der Waals surface area contributed by atoms with Gasteiger partial charge >= 0.3 is 12.1 Å². The van der Waals surface area contributed by atoms with Crippen LogP contribution >= 0.6 is 11.6 Å². The summed E-state index contributed by atoms with van der Waals surface area (Å²) in [7, 11) is 5.04. The van der Waals surface area contributed by atoms with Crippen LogP contribution < -0.4 is 14.4 Å². The average molecular weight is 638 g/mol. The number of fused-ring (bicyclic) bond motifs is 3. The molecule has 7 nitrogen and oxygen atoms in total. The van der Waals surface area contributed by atoms with Crippen molar-refractivity contribution >= 4 is 29.1 Å². The van der Waals surface area contributed by atoms with Gasteiger partial charge in [-0.3, -0.25) is 19.6 Å². The number of likely N-dealkylation sites (N-methyl/N-ethyl adjacent to an activating group) is 1. The van der Waals surface area contributed by atoms with Gasteiger partial charge in [0.15, 0.2) is 11.5 Å². The Morgan fingerprint density at radius 2 is 1.68 bits per heavy atom. The maximum absolute atomic E-state index is 14.4. The lowest BCUT2D eigenvalue weighted by atomic mass is 9.99. The van der Waals surface area contributed by atoms with Crippen molar-refractivity contribution in [3.05, 3.63) is 63.8 Å². The van der Waals surface area contributed by atoms with Crippen LogP contribution in [0, 0.1) is 0 Å². The molecule has 2 aromatic carbocycles. The van der Waals surface area contributed by atoms with Crippen molar-refractivity contribution in [2.75, 3.05) is 32.7 Å². The van der Waals surface area contributed by atoms with Gasteiger partial charge < -0.3 is 14.2 Å². The maximum atomic E-state index is 14.4. The van der Waals surface area contributed by atoms with Crippen LogP contribution in [-0.4, -0.2) is 62.8 Å². The minimum absolute atomic E-state index is 0.0636. The molecule has 0 saturated heterocycles. The molecule has 1 aliphatic carbocycles. The van der Waals surface area contributed by atoms with Crippen molar-refractivity contribution in [1.82, 2.24) is 4.90 Å². The smallest absolute Gasteiger partial charge is 0.431 e. The van der Waals surface area contributed by atoms with E-state index < -0.39 is 23.9 Å². The van der Waals surface area contributed by atoms with Gasteiger partial charge in [0, 0.05) is 11.6 Å². The number of alkyl halides is 3. The monoisotopic (exact) mass is 637 g/mol. The maximum Gasteiger partial charge on any atom is 0.431 e. The van der Waals surface area contributed by atoms with E-state index >= 15 is 0 Å². The van der Waals surface area contributed by atoms with Crippen LogP contribution in [0.4, 0.5) is 18.9 Å². The number of rotatable bonds is 6. The van der Waals surface area contributed by atoms with E-state index in [0.717, 1.165) is 29.9 Å². The van der Waals surface area contributed by atoms with Gasteiger partial charge in [0.1, 0.15) is 11.5 Å². The number of amidine groups is 1. The van der Waals surface area contributed by atoms with Crippen LogP contribution in [0.2, 0.25) is 5.02 Å². The quantitative estimate of drug-likeness (QED) is 0.298. The van der Waals surface area contributed by atoms with Crippen LogP contribution in [0.15, 0.2) is 52.7 Å². The Hall–Kier alpha value is -3.24. The van der Waals surface area contributed by atoms with Crippen molar-refractivity contribution in [2.45, 2.75) is 84.7 Å². The minimum atomic E-state index is -4.57. The summed E-state index contributed by atoms with van der Waals surface area (Å²) >= 11 is 6.39. The molecule has 242 valence electrons. The molecule has 1 atom stereocenters. The second-order valence-electron chi connectivity index (χ2n) is 10.9. The predicted molar refractivity (Wildman–Crippen MR) is 169 cm³/mol. The van der Waals surface area contributed by atoms with Gasteiger partial charge in [-0.15, -0.1) is 0 Å². The highest BCUT2D eigenvalue weighted by Gasteiger charge is 2.48. The molecule has 0 unspecified atom stereocenters.